The summed E-state index contributed by atoms with van der Waals surface area (Å²) in [5, 5.41) is 20.9. The van der Waals surface area contributed by atoms with Gasteiger partial charge in [-0.25, -0.2) is 0 Å². The fraction of sp³-hybridized carbons (Fsp3) is 0.385. The lowest BCUT2D eigenvalue weighted by Gasteiger charge is -2.07. The van der Waals surface area contributed by atoms with Crippen molar-refractivity contribution in [3.8, 4) is 0 Å². The Hall–Kier alpha value is -1.68. The highest BCUT2D eigenvalue weighted by molar-refractivity contribution is 5.78. The number of hydrogen-bond donors (Lipinski definition) is 1. The van der Waals surface area contributed by atoms with E-state index in [-0.39, 0.29) is 5.69 Å². The molecule has 1 atom stereocenters. The minimum Gasteiger partial charge on any atom is -0.384 e. The topological polar surface area (TPSA) is 63.4 Å². The Kier molecular flexibility index (Phi) is 2.98. The number of non-ortho nitro benzene ring substituents is 1. The monoisotopic (exact) mass is 233 g/mol. The van der Waals surface area contributed by atoms with E-state index in [2.05, 4.69) is 0 Å². The van der Waals surface area contributed by atoms with E-state index in [0.29, 0.717) is 0 Å². The average Bonchev–Trinajstić information content (AvgIpc) is 2.60. The molecule has 1 N–H and O–H groups in total. The Morgan fingerprint density at radius 1 is 1.35 bits per heavy atom. The smallest absolute Gasteiger partial charge is 0.270 e. The lowest BCUT2D eigenvalue weighted by molar-refractivity contribution is -0.384. The average molecular weight is 233 g/mol. The van der Waals surface area contributed by atoms with E-state index in [1.165, 1.54) is 6.07 Å². The SMILES string of the molecule is CCC1=C(CC)C(O)c2ccc([N+](=O)[O-])cc21. The molecule has 4 heteroatoms. The third kappa shape index (κ3) is 1.74. The van der Waals surface area contributed by atoms with Gasteiger partial charge in [0.1, 0.15) is 6.10 Å². The maximum Gasteiger partial charge on any atom is 0.270 e. The lowest BCUT2D eigenvalue weighted by atomic mass is 10.0. The van der Waals surface area contributed by atoms with Gasteiger partial charge in [0.25, 0.3) is 5.69 Å². The second kappa shape index (κ2) is 4.30. The number of aliphatic hydroxyl groups excluding tert-OH is 1. The molecule has 0 fully saturated rings. The molecule has 0 amide bonds. The van der Waals surface area contributed by atoms with Crippen molar-refractivity contribution in [3.63, 3.8) is 0 Å². The summed E-state index contributed by atoms with van der Waals surface area (Å²) in [5.41, 5.74) is 3.76. The van der Waals surface area contributed by atoms with E-state index >= 15 is 0 Å². The number of nitro groups is 1. The van der Waals surface area contributed by atoms with Crippen molar-refractivity contribution < 1.29 is 10.0 Å². The number of hydrogen-bond acceptors (Lipinski definition) is 3. The highest BCUT2D eigenvalue weighted by Gasteiger charge is 2.29. The Labute approximate surface area is 99.7 Å². The van der Waals surface area contributed by atoms with Crippen molar-refractivity contribution in [3.05, 3.63) is 45.0 Å². The molecule has 0 bridgehead atoms. The van der Waals surface area contributed by atoms with Gasteiger partial charge in [-0.15, -0.1) is 0 Å². The van der Waals surface area contributed by atoms with Crippen molar-refractivity contribution in [1.82, 2.24) is 0 Å². The van der Waals surface area contributed by atoms with Crippen molar-refractivity contribution in [2.24, 2.45) is 0 Å². The highest BCUT2D eigenvalue weighted by atomic mass is 16.6. The first-order chi connectivity index (χ1) is 8.10. The van der Waals surface area contributed by atoms with E-state index in [1.54, 1.807) is 12.1 Å². The first-order valence-electron chi connectivity index (χ1n) is 5.78. The summed E-state index contributed by atoms with van der Waals surface area (Å²) < 4.78 is 0. The van der Waals surface area contributed by atoms with Gasteiger partial charge >= 0.3 is 0 Å². The molecule has 2 rings (SSSR count). The standard InChI is InChI=1S/C13H15NO3/c1-3-9-10(4-2)13(15)11-6-5-8(14(16)17)7-12(9)11/h5-7,13,15H,3-4H2,1-2H3. The molecule has 0 saturated heterocycles. The van der Waals surface area contributed by atoms with Crippen LogP contribution in [0.5, 0.6) is 0 Å². The van der Waals surface area contributed by atoms with E-state index in [9.17, 15) is 15.2 Å². The molecule has 1 aliphatic rings. The lowest BCUT2D eigenvalue weighted by Crippen LogP contribution is -1.96. The zero-order valence-electron chi connectivity index (χ0n) is 9.93. The van der Waals surface area contributed by atoms with Gasteiger partial charge in [-0.05, 0) is 41.2 Å². The van der Waals surface area contributed by atoms with Crippen molar-refractivity contribution in [1.29, 1.82) is 0 Å². The first-order valence-corrected chi connectivity index (χ1v) is 5.78. The molecule has 1 aromatic carbocycles. The van der Waals surface area contributed by atoms with Gasteiger partial charge in [0.2, 0.25) is 0 Å². The highest BCUT2D eigenvalue weighted by Crippen LogP contribution is 2.44. The largest absolute Gasteiger partial charge is 0.384 e. The Morgan fingerprint density at radius 2 is 2.06 bits per heavy atom. The van der Waals surface area contributed by atoms with Crippen LogP contribution >= 0.6 is 0 Å². The number of aliphatic hydroxyl groups is 1. The van der Waals surface area contributed by atoms with Gasteiger partial charge < -0.3 is 5.11 Å². The van der Waals surface area contributed by atoms with Crippen LogP contribution in [0.1, 0.15) is 43.9 Å². The van der Waals surface area contributed by atoms with Crippen molar-refractivity contribution in [2.75, 3.05) is 0 Å². The van der Waals surface area contributed by atoms with Crippen LogP contribution in [0.4, 0.5) is 5.69 Å². The number of benzene rings is 1. The molecule has 0 aliphatic heterocycles. The number of allylic oxidation sites excluding steroid dienone is 1. The Morgan fingerprint density at radius 3 is 2.59 bits per heavy atom. The summed E-state index contributed by atoms with van der Waals surface area (Å²) in [5.74, 6) is 0. The third-order valence-corrected chi connectivity index (χ3v) is 3.32. The first kappa shape index (κ1) is 11.8. The molecule has 0 aromatic heterocycles. The van der Waals surface area contributed by atoms with Gasteiger partial charge in [-0.2, -0.15) is 0 Å². The van der Waals surface area contributed by atoms with Crippen LogP contribution in [0.3, 0.4) is 0 Å². The molecule has 1 aromatic rings. The van der Waals surface area contributed by atoms with Crippen molar-refractivity contribution in [2.45, 2.75) is 32.8 Å². The molecule has 4 nitrogen and oxygen atoms in total. The molecule has 0 radical (unpaired) electrons. The Balaban J connectivity index is 2.59. The number of rotatable bonds is 3. The maximum absolute atomic E-state index is 10.8. The summed E-state index contributed by atoms with van der Waals surface area (Å²) >= 11 is 0. The number of nitrogens with zero attached hydrogens (tertiary/aromatic N) is 1. The minimum atomic E-state index is -0.592. The maximum atomic E-state index is 10.8. The van der Waals surface area contributed by atoms with Gasteiger partial charge in [-0.3, -0.25) is 10.1 Å². The summed E-state index contributed by atoms with van der Waals surface area (Å²) in [7, 11) is 0. The zero-order chi connectivity index (χ0) is 12.6. The summed E-state index contributed by atoms with van der Waals surface area (Å²) in [6.07, 6.45) is 0.965. The molecule has 0 saturated carbocycles. The van der Waals surface area contributed by atoms with Crippen LogP contribution < -0.4 is 0 Å². The minimum absolute atomic E-state index is 0.0826. The second-order valence-corrected chi connectivity index (χ2v) is 4.14. The second-order valence-electron chi connectivity index (χ2n) is 4.14. The molecule has 1 unspecified atom stereocenters. The number of nitro benzene ring substituents is 1. The third-order valence-electron chi connectivity index (χ3n) is 3.32. The molecule has 1 aliphatic carbocycles. The fourth-order valence-corrected chi connectivity index (χ4v) is 2.51. The summed E-state index contributed by atoms with van der Waals surface area (Å²) in [6, 6.07) is 4.68. The van der Waals surface area contributed by atoms with Gasteiger partial charge in [0, 0.05) is 12.1 Å². The predicted molar refractivity (Wildman–Crippen MR) is 65.6 cm³/mol. The van der Waals surface area contributed by atoms with Gasteiger partial charge in [-0.1, -0.05) is 13.8 Å². The van der Waals surface area contributed by atoms with Crippen LogP contribution in [0.25, 0.3) is 5.57 Å². The quantitative estimate of drug-likeness (QED) is 0.644. The van der Waals surface area contributed by atoms with E-state index in [0.717, 1.165) is 35.1 Å². The van der Waals surface area contributed by atoms with Gasteiger partial charge in [0.15, 0.2) is 0 Å². The van der Waals surface area contributed by atoms with E-state index in [1.807, 2.05) is 13.8 Å². The molecule has 90 valence electrons. The summed E-state index contributed by atoms with van der Waals surface area (Å²) in [6.45, 7) is 4.00. The summed E-state index contributed by atoms with van der Waals surface area (Å²) in [4.78, 5) is 10.4. The van der Waals surface area contributed by atoms with Crippen LogP contribution in [-0.4, -0.2) is 10.0 Å². The number of fused-ring (bicyclic) bond motifs is 1. The van der Waals surface area contributed by atoms with Crippen LogP contribution in [0, 0.1) is 10.1 Å². The molecule has 0 spiro atoms. The van der Waals surface area contributed by atoms with E-state index in [4.69, 9.17) is 0 Å². The van der Waals surface area contributed by atoms with Gasteiger partial charge in [0.05, 0.1) is 4.92 Å². The normalized spacial score (nSPS) is 18.4. The molecule has 0 heterocycles. The predicted octanol–water partition coefficient (Wildman–Crippen LogP) is 3.22. The van der Waals surface area contributed by atoms with E-state index < -0.39 is 11.0 Å². The Bertz CT molecular complexity index is 505. The van der Waals surface area contributed by atoms with Crippen LogP contribution in [0.2, 0.25) is 0 Å². The molecular weight excluding hydrogens is 218 g/mol. The molecular formula is C13H15NO3. The van der Waals surface area contributed by atoms with Crippen molar-refractivity contribution >= 4 is 11.3 Å². The van der Waals surface area contributed by atoms with Crippen LogP contribution in [-0.2, 0) is 0 Å². The molecule has 17 heavy (non-hydrogen) atoms. The fourth-order valence-electron chi connectivity index (χ4n) is 2.51. The van der Waals surface area contributed by atoms with Crippen LogP contribution in [0.15, 0.2) is 23.8 Å². The zero-order valence-corrected chi connectivity index (χ0v) is 9.93.